The molecule has 0 unspecified atom stereocenters. The van der Waals surface area contributed by atoms with E-state index in [1.807, 2.05) is 37.4 Å². The summed E-state index contributed by atoms with van der Waals surface area (Å²) in [6.45, 7) is 2.36. The Labute approximate surface area is 159 Å². The summed E-state index contributed by atoms with van der Waals surface area (Å²) in [5.41, 5.74) is 1.98. The van der Waals surface area contributed by atoms with Gasteiger partial charge < -0.3 is 14.2 Å². The van der Waals surface area contributed by atoms with E-state index in [9.17, 15) is 13.2 Å². The van der Waals surface area contributed by atoms with Crippen LogP contribution in [0.1, 0.15) is 30.2 Å². The third-order valence-electron chi connectivity index (χ3n) is 4.77. The minimum atomic E-state index is -4.55. The van der Waals surface area contributed by atoms with Crippen molar-refractivity contribution < 1.29 is 22.4 Å². The third kappa shape index (κ3) is 3.32. The van der Waals surface area contributed by atoms with Crippen LogP contribution in [0.25, 0.3) is 21.9 Å². The maximum Gasteiger partial charge on any atom is 0.437 e. The van der Waals surface area contributed by atoms with Gasteiger partial charge in [-0.3, -0.25) is 0 Å². The highest BCUT2D eigenvalue weighted by Crippen LogP contribution is 2.38. The third-order valence-corrected chi connectivity index (χ3v) is 4.77. The number of aromatic amines is 1. The average Bonchev–Trinajstić information content (AvgIpc) is 3.28. The molecule has 0 saturated heterocycles. The normalized spacial score (nSPS) is 12.1. The highest BCUT2D eigenvalue weighted by Gasteiger charge is 2.37. The maximum absolute atomic E-state index is 13.1. The number of rotatable bonds is 6. The lowest BCUT2D eigenvalue weighted by molar-refractivity contribution is -0.141. The molecule has 2 aromatic heterocycles. The highest BCUT2D eigenvalue weighted by molar-refractivity contribution is 5.85. The molecule has 0 aliphatic carbocycles. The monoisotopic (exact) mass is 388 g/mol. The number of alkyl halides is 3. The smallest absolute Gasteiger partial charge is 0.437 e. The number of hydrogen-bond donors (Lipinski definition) is 1. The summed E-state index contributed by atoms with van der Waals surface area (Å²) in [6.07, 6.45) is -0.618. The first-order valence-corrected chi connectivity index (χ1v) is 9.15. The Morgan fingerprint density at radius 3 is 2.68 bits per heavy atom. The Balaban J connectivity index is 1.58. The van der Waals surface area contributed by atoms with E-state index in [2.05, 4.69) is 10.1 Å². The summed E-state index contributed by atoms with van der Waals surface area (Å²) in [7, 11) is 0. The van der Waals surface area contributed by atoms with Crippen LogP contribution >= 0.6 is 0 Å². The molecule has 4 rings (SSSR count). The molecule has 0 atom stereocenters. The molecule has 146 valence electrons. The zero-order valence-corrected chi connectivity index (χ0v) is 15.3. The fraction of sp³-hybridized carbons (Fsp3) is 0.286. The number of aromatic nitrogens is 2. The van der Waals surface area contributed by atoms with Crippen molar-refractivity contribution >= 4 is 21.9 Å². The van der Waals surface area contributed by atoms with E-state index in [1.54, 1.807) is 6.07 Å². The van der Waals surface area contributed by atoms with E-state index < -0.39 is 11.9 Å². The number of halogens is 3. The first kappa shape index (κ1) is 18.4. The molecule has 0 aliphatic heterocycles. The second-order valence-corrected chi connectivity index (χ2v) is 6.66. The quantitative estimate of drug-likeness (QED) is 0.447. The number of H-pyrrole nitrogens is 1. The van der Waals surface area contributed by atoms with Gasteiger partial charge in [-0.05, 0) is 30.2 Å². The number of nitrogens with zero attached hydrogens (tertiary/aromatic N) is 1. The largest absolute Gasteiger partial charge is 0.493 e. The van der Waals surface area contributed by atoms with Crippen LogP contribution in [0.2, 0.25) is 0 Å². The zero-order valence-electron chi connectivity index (χ0n) is 15.3. The van der Waals surface area contributed by atoms with Crippen molar-refractivity contribution in [1.29, 1.82) is 0 Å². The van der Waals surface area contributed by atoms with Crippen LogP contribution in [-0.4, -0.2) is 16.7 Å². The standard InChI is InChI=1S/C21H19F3N2O2/c1-2-5-15-18(9-8-16-19(15)28-26-20(16)21(22,23)24)27-11-10-13-12-25-17-7-4-3-6-14(13)17/h3-4,6-9,12,25H,2,5,10-11H2,1H3. The summed E-state index contributed by atoms with van der Waals surface area (Å²) in [6, 6.07) is 11.0. The molecule has 0 saturated carbocycles. The molecule has 28 heavy (non-hydrogen) atoms. The van der Waals surface area contributed by atoms with Crippen LogP contribution in [0.15, 0.2) is 47.1 Å². The number of nitrogens with one attached hydrogen (secondary N) is 1. The second kappa shape index (κ2) is 7.22. The maximum atomic E-state index is 13.1. The molecule has 0 bridgehead atoms. The van der Waals surface area contributed by atoms with Crippen molar-refractivity contribution in [3.63, 3.8) is 0 Å². The van der Waals surface area contributed by atoms with Crippen LogP contribution in [0, 0.1) is 0 Å². The Morgan fingerprint density at radius 1 is 1.07 bits per heavy atom. The second-order valence-electron chi connectivity index (χ2n) is 6.66. The van der Waals surface area contributed by atoms with Gasteiger partial charge in [0.25, 0.3) is 0 Å². The van der Waals surface area contributed by atoms with Crippen molar-refractivity contribution in [3.8, 4) is 5.75 Å². The van der Waals surface area contributed by atoms with Crippen LogP contribution in [0.3, 0.4) is 0 Å². The molecule has 4 nitrogen and oxygen atoms in total. The Hall–Kier alpha value is -2.96. The number of para-hydroxylation sites is 1. The Bertz CT molecular complexity index is 1110. The SMILES string of the molecule is CCCc1c(OCCc2c[nH]c3ccccc23)ccc2c(C(F)(F)F)noc12. The molecule has 1 N–H and O–H groups in total. The predicted octanol–water partition coefficient (Wildman–Crippen LogP) is 5.90. The van der Waals surface area contributed by atoms with E-state index in [0.29, 0.717) is 30.8 Å². The molecule has 2 aromatic carbocycles. The van der Waals surface area contributed by atoms with E-state index in [4.69, 9.17) is 9.26 Å². The van der Waals surface area contributed by atoms with E-state index in [0.717, 1.165) is 22.9 Å². The number of benzene rings is 2. The van der Waals surface area contributed by atoms with Crippen molar-refractivity contribution in [2.45, 2.75) is 32.4 Å². The molecule has 0 spiro atoms. The van der Waals surface area contributed by atoms with E-state index in [1.165, 1.54) is 6.07 Å². The molecule has 2 heterocycles. The van der Waals surface area contributed by atoms with Gasteiger partial charge in [0.2, 0.25) is 0 Å². The molecule has 0 amide bonds. The lowest BCUT2D eigenvalue weighted by Crippen LogP contribution is -2.06. The van der Waals surface area contributed by atoms with E-state index >= 15 is 0 Å². The summed E-state index contributed by atoms with van der Waals surface area (Å²) in [4.78, 5) is 3.22. The summed E-state index contributed by atoms with van der Waals surface area (Å²) >= 11 is 0. The number of hydrogen-bond acceptors (Lipinski definition) is 3. The van der Waals surface area contributed by atoms with Gasteiger partial charge in [-0.15, -0.1) is 0 Å². The highest BCUT2D eigenvalue weighted by atomic mass is 19.4. The van der Waals surface area contributed by atoms with Gasteiger partial charge >= 0.3 is 6.18 Å². The van der Waals surface area contributed by atoms with Gasteiger partial charge in [0.05, 0.1) is 12.0 Å². The average molecular weight is 388 g/mol. The molecule has 0 aliphatic rings. The molecule has 7 heteroatoms. The van der Waals surface area contributed by atoms with Gasteiger partial charge in [-0.2, -0.15) is 13.2 Å². The molecule has 0 fully saturated rings. The predicted molar refractivity (Wildman–Crippen MR) is 101 cm³/mol. The number of aryl methyl sites for hydroxylation is 1. The fourth-order valence-electron chi connectivity index (χ4n) is 3.48. The Kier molecular flexibility index (Phi) is 4.75. The van der Waals surface area contributed by atoms with Gasteiger partial charge in [0.15, 0.2) is 11.3 Å². The lowest BCUT2D eigenvalue weighted by atomic mass is 10.0. The van der Waals surface area contributed by atoms with Crippen molar-refractivity contribution in [2.24, 2.45) is 0 Å². The first-order chi connectivity index (χ1) is 13.5. The van der Waals surface area contributed by atoms with Gasteiger partial charge in [-0.25, -0.2) is 0 Å². The fourth-order valence-corrected chi connectivity index (χ4v) is 3.48. The van der Waals surface area contributed by atoms with Gasteiger partial charge in [0, 0.05) is 29.1 Å². The van der Waals surface area contributed by atoms with Crippen LogP contribution < -0.4 is 4.74 Å². The van der Waals surface area contributed by atoms with Crippen LogP contribution in [0.4, 0.5) is 13.2 Å². The molecular weight excluding hydrogens is 369 g/mol. The summed E-state index contributed by atoms with van der Waals surface area (Å²) < 4.78 is 50.3. The van der Waals surface area contributed by atoms with Gasteiger partial charge in [-0.1, -0.05) is 36.7 Å². The van der Waals surface area contributed by atoms with Crippen LogP contribution in [0.5, 0.6) is 5.75 Å². The lowest BCUT2D eigenvalue weighted by Gasteiger charge is -2.11. The van der Waals surface area contributed by atoms with Crippen molar-refractivity contribution in [3.05, 3.63) is 59.4 Å². The zero-order chi connectivity index (χ0) is 19.7. The van der Waals surface area contributed by atoms with Crippen LogP contribution in [-0.2, 0) is 19.0 Å². The Morgan fingerprint density at radius 2 is 1.89 bits per heavy atom. The molecule has 4 aromatic rings. The van der Waals surface area contributed by atoms with Crippen molar-refractivity contribution in [2.75, 3.05) is 6.61 Å². The summed E-state index contributed by atoms with van der Waals surface area (Å²) in [5.74, 6) is 0.541. The minimum absolute atomic E-state index is 0.0278. The van der Waals surface area contributed by atoms with Crippen molar-refractivity contribution in [1.82, 2.24) is 10.1 Å². The molecular formula is C21H19F3N2O2. The first-order valence-electron chi connectivity index (χ1n) is 9.15. The van der Waals surface area contributed by atoms with E-state index in [-0.39, 0.29) is 11.0 Å². The number of fused-ring (bicyclic) bond motifs is 2. The number of ether oxygens (including phenoxy) is 1. The summed E-state index contributed by atoms with van der Waals surface area (Å²) in [5, 5.41) is 4.36. The minimum Gasteiger partial charge on any atom is -0.493 e. The molecule has 0 radical (unpaired) electrons. The van der Waals surface area contributed by atoms with Gasteiger partial charge in [0.1, 0.15) is 5.75 Å². The topological polar surface area (TPSA) is 51.0 Å².